The highest BCUT2D eigenvalue weighted by Crippen LogP contribution is 2.20. The number of nitrogens with one attached hydrogen (secondary N) is 1. The minimum atomic E-state index is -0.686. The summed E-state index contributed by atoms with van der Waals surface area (Å²) in [4.78, 5) is 28.8. The number of rotatable bonds is 10. The third kappa shape index (κ3) is 8.52. The maximum absolute atomic E-state index is 14.1. The van der Waals surface area contributed by atoms with E-state index in [2.05, 4.69) is 5.32 Å². The lowest BCUT2D eigenvalue weighted by atomic mass is 10.0. The van der Waals surface area contributed by atoms with E-state index in [1.165, 1.54) is 17.8 Å². The van der Waals surface area contributed by atoms with Crippen LogP contribution in [0.25, 0.3) is 0 Å². The van der Waals surface area contributed by atoms with E-state index in [0.29, 0.717) is 24.3 Å². The fraction of sp³-hybridized carbons (Fsp3) is 0.333. The molecule has 0 fully saturated rings. The van der Waals surface area contributed by atoms with Crippen LogP contribution in [0.4, 0.5) is 4.39 Å². The molecule has 3 rings (SSSR count). The highest BCUT2D eigenvalue weighted by atomic mass is 32.2. The van der Waals surface area contributed by atoms with Crippen LogP contribution in [0.1, 0.15) is 43.0 Å². The molecule has 0 radical (unpaired) electrons. The molecule has 0 saturated carbocycles. The lowest BCUT2D eigenvalue weighted by Gasteiger charge is -2.34. The Morgan fingerprint density at radius 1 is 0.917 bits per heavy atom. The molecule has 6 heteroatoms. The summed E-state index contributed by atoms with van der Waals surface area (Å²) in [6.07, 6.45) is 0.401. The van der Waals surface area contributed by atoms with E-state index < -0.39 is 11.6 Å². The highest BCUT2D eigenvalue weighted by molar-refractivity contribution is 7.99. The number of carbonyl (C=O) groups excluding carboxylic acids is 2. The second-order valence-corrected chi connectivity index (χ2v) is 11.0. The van der Waals surface area contributed by atoms with Gasteiger partial charge in [-0.15, -0.1) is 11.8 Å². The average molecular weight is 507 g/mol. The zero-order valence-corrected chi connectivity index (χ0v) is 22.3. The Morgan fingerprint density at radius 3 is 2.19 bits per heavy atom. The molecule has 1 N–H and O–H groups in total. The Labute approximate surface area is 218 Å². The van der Waals surface area contributed by atoms with Gasteiger partial charge in [-0.05, 0) is 50.5 Å². The molecule has 2 amide bonds. The third-order valence-electron chi connectivity index (χ3n) is 5.68. The smallest absolute Gasteiger partial charge is 0.243 e. The van der Waals surface area contributed by atoms with Crippen LogP contribution >= 0.6 is 11.8 Å². The molecule has 0 heterocycles. The van der Waals surface area contributed by atoms with Crippen LogP contribution in [0.2, 0.25) is 0 Å². The molecule has 0 aliphatic carbocycles. The Bertz CT molecular complexity index is 1140. The normalized spacial score (nSPS) is 12.1. The number of hydrogen-bond acceptors (Lipinski definition) is 3. The van der Waals surface area contributed by atoms with Crippen LogP contribution in [-0.4, -0.2) is 34.0 Å². The zero-order chi connectivity index (χ0) is 26.1. The van der Waals surface area contributed by atoms with Gasteiger partial charge in [0.1, 0.15) is 11.9 Å². The van der Waals surface area contributed by atoms with E-state index >= 15 is 0 Å². The van der Waals surface area contributed by atoms with Gasteiger partial charge in [0.25, 0.3) is 0 Å². The highest BCUT2D eigenvalue weighted by Gasteiger charge is 2.32. The lowest BCUT2D eigenvalue weighted by molar-refractivity contribution is -0.140. The molecule has 190 valence electrons. The van der Waals surface area contributed by atoms with E-state index in [0.717, 1.165) is 16.7 Å². The van der Waals surface area contributed by atoms with Gasteiger partial charge in [-0.1, -0.05) is 78.4 Å². The van der Waals surface area contributed by atoms with Crippen LogP contribution in [0.5, 0.6) is 0 Å². The van der Waals surface area contributed by atoms with Crippen LogP contribution < -0.4 is 5.32 Å². The second kappa shape index (κ2) is 12.7. The number of hydrogen-bond donors (Lipinski definition) is 1. The average Bonchev–Trinajstić information content (AvgIpc) is 2.83. The first-order valence-electron chi connectivity index (χ1n) is 12.1. The van der Waals surface area contributed by atoms with Crippen molar-refractivity contribution in [3.63, 3.8) is 0 Å². The fourth-order valence-corrected chi connectivity index (χ4v) is 4.74. The van der Waals surface area contributed by atoms with Crippen LogP contribution in [-0.2, 0) is 28.3 Å². The van der Waals surface area contributed by atoms with Gasteiger partial charge in [0.05, 0.1) is 5.75 Å². The van der Waals surface area contributed by atoms with Crippen molar-refractivity contribution in [3.8, 4) is 0 Å². The first kappa shape index (κ1) is 27.5. The molecular formula is C30H35FN2O2S. The molecule has 0 aliphatic heterocycles. The largest absolute Gasteiger partial charge is 0.350 e. The molecule has 36 heavy (non-hydrogen) atoms. The summed E-state index contributed by atoms with van der Waals surface area (Å²) in [6.45, 7) is 8.12. The molecular weight excluding hydrogens is 471 g/mol. The number of halogens is 1. The van der Waals surface area contributed by atoms with E-state index in [1.54, 1.807) is 23.1 Å². The molecule has 1 atom stereocenters. The molecule has 0 bridgehead atoms. The molecule has 3 aromatic carbocycles. The van der Waals surface area contributed by atoms with Crippen molar-refractivity contribution in [3.05, 3.63) is 107 Å². The number of thioether (sulfide) groups is 1. The predicted molar refractivity (Wildman–Crippen MR) is 146 cm³/mol. The zero-order valence-electron chi connectivity index (χ0n) is 21.5. The number of benzene rings is 3. The second-order valence-electron chi connectivity index (χ2n) is 10.0. The third-order valence-corrected chi connectivity index (χ3v) is 6.65. The Morgan fingerprint density at radius 2 is 1.56 bits per heavy atom. The Hall–Kier alpha value is -3.12. The van der Waals surface area contributed by atoms with Gasteiger partial charge in [-0.3, -0.25) is 9.59 Å². The molecule has 0 aromatic heterocycles. The summed E-state index contributed by atoms with van der Waals surface area (Å²) in [5, 5.41) is 3.07. The van der Waals surface area contributed by atoms with Crippen molar-refractivity contribution in [2.45, 2.75) is 58.0 Å². The van der Waals surface area contributed by atoms with Crippen LogP contribution in [0.15, 0.2) is 78.9 Å². The van der Waals surface area contributed by atoms with Gasteiger partial charge < -0.3 is 10.2 Å². The molecule has 0 spiro atoms. The van der Waals surface area contributed by atoms with Gasteiger partial charge in [-0.2, -0.15) is 0 Å². The topological polar surface area (TPSA) is 49.4 Å². The maximum atomic E-state index is 14.1. The monoisotopic (exact) mass is 506 g/mol. The summed E-state index contributed by atoms with van der Waals surface area (Å²) in [7, 11) is 0. The standard InChI is InChI=1S/C30H35FN2O2S/c1-22-14-16-24(17-15-22)19-33(28(34)21-36-20-25-12-8-9-13-26(25)31)27(29(35)32-30(2,3)4)18-23-10-6-5-7-11-23/h5-17,27H,18-21H2,1-4H3,(H,32,35)/t27-/m0/s1. The lowest BCUT2D eigenvalue weighted by Crippen LogP contribution is -2.54. The van der Waals surface area contributed by atoms with Crippen LogP contribution in [0, 0.1) is 12.7 Å². The van der Waals surface area contributed by atoms with Gasteiger partial charge >= 0.3 is 0 Å². The molecule has 0 saturated heterocycles. The summed E-state index contributed by atoms with van der Waals surface area (Å²) in [5.41, 5.74) is 3.18. The summed E-state index contributed by atoms with van der Waals surface area (Å²) >= 11 is 1.36. The van der Waals surface area contributed by atoms with Crippen molar-refractivity contribution in [1.29, 1.82) is 0 Å². The van der Waals surface area contributed by atoms with Crippen molar-refractivity contribution >= 4 is 23.6 Å². The number of carbonyl (C=O) groups is 2. The van der Waals surface area contributed by atoms with Crippen molar-refractivity contribution in [2.24, 2.45) is 0 Å². The maximum Gasteiger partial charge on any atom is 0.243 e. The quantitative estimate of drug-likeness (QED) is 0.371. The van der Waals surface area contributed by atoms with E-state index in [4.69, 9.17) is 0 Å². The Kier molecular flexibility index (Phi) is 9.71. The number of nitrogens with zero attached hydrogens (tertiary/aromatic N) is 1. The SMILES string of the molecule is Cc1ccc(CN(C(=O)CSCc2ccccc2F)[C@@H](Cc2ccccc2)C(=O)NC(C)(C)C)cc1. The minimum Gasteiger partial charge on any atom is -0.350 e. The van der Waals surface area contributed by atoms with Gasteiger partial charge in [0, 0.05) is 24.3 Å². The summed E-state index contributed by atoms with van der Waals surface area (Å²) in [6, 6.07) is 23.6. The first-order valence-corrected chi connectivity index (χ1v) is 13.3. The molecule has 3 aromatic rings. The van der Waals surface area contributed by atoms with Gasteiger partial charge in [0.2, 0.25) is 11.8 Å². The summed E-state index contributed by atoms with van der Waals surface area (Å²) < 4.78 is 14.1. The van der Waals surface area contributed by atoms with Crippen LogP contribution in [0.3, 0.4) is 0 Å². The fourth-order valence-electron chi connectivity index (χ4n) is 3.84. The van der Waals surface area contributed by atoms with E-state index in [1.807, 2.05) is 82.3 Å². The minimum absolute atomic E-state index is 0.147. The molecule has 0 aliphatic rings. The number of aryl methyl sites for hydroxylation is 1. The van der Waals surface area contributed by atoms with E-state index in [9.17, 15) is 14.0 Å². The first-order chi connectivity index (χ1) is 17.1. The van der Waals surface area contributed by atoms with Gasteiger partial charge in [0.15, 0.2) is 0 Å². The van der Waals surface area contributed by atoms with Gasteiger partial charge in [-0.25, -0.2) is 4.39 Å². The van der Waals surface area contributed by atoms with Crippen molar-refractivity contribution in [2.75, 3.05) is 5.75 Å². The van der Waals surface area contributed by atoms with Crippen molar-refractivity contribution in [1.82, 2.24) is 10.2 Å². The summed E-state index contributed by atoms with van der Waals surface area (Å²) in [5.74, 6) is -0.0870. The molecule has 4 nitrogen and oxygen atoms in total. The van der Waals surface area contributed by atoms with Crippen molar-refractivity contribution < 1.29 is 14.0 Å². The Balaban J connectivity index is 1.87. The van der Waals surface area contributed by atoms with E-state index in [-0.39, 0.29) is 23.4 Å². The molecule has 0 unspecified atom stereocenters. The predicted octanol–water partition coefficient (Wildman–Crippen LogP) is 5.92. The number of amides is 2.